The van der Waals surface area contributed by atoms with Crippen molar-refractivity contribution >= 4 is 11.7 Å². The minimum atomic E-state index is -0.0555. The van der Waals surface area contributed by atoms with Crippen molar-refractivity contribution in [3.8, 4) is 11.5 Å². The van der Waals surface area contributed by atoms with Crippen LogP contribution in [0.3, 0.4) is 0 Å². The van der Waals surface area contributed by atoms with E-state index in [1.165, 1.54) is 13.3 Å². The molecule has 2 heterocycles. The van der Waals surface area contributed by atoms with Gasteiger partial charge in [-0.1, -0.05) is 12.1 Å². The molecule has 5 nitrogen and oxygen atoms in total. The quantitative estimate of drug-likeness (QED) is 0.812. The van der Waals surface area contributed by atoms with Gasteiger partial charge in [0.15, 0.2) is 5.78 Å². The van der Waals surface area contributed by atoms with Crippen LogP contribution in [0.25, 0.3) is 0 Å². The van der Waals surface area contributed by atoms with E-state index < -0.39 is 0 Å². The van der Waals surface area contributed by atoms with Crippen molar-refractivity contribution < 1.29 is 14.3 Å². The molecular weight excluding hydrogens is 328 g/mol. The number of nitrogens with one attached hydrogen (secondary N) is 2. The maximum Gasteiger partial charge on any atom is 0.251 e. The number of fused-ring (bicyclic) bond motifs is 2. The summed E-state index contributed by atoms with van der Waals surface area (Å²) in [4.78, 5) is 24.1. The predicted octanol–water partition coefficient (Wildman–Crippen LogP) is 3.30. The molecule has 2 bridgehead atoms. The molecule has 2 aromatic rings. The summed E-state index contributed by atoms with van der Waals surface area (Å²) in [6.45, 7) is 1.51. The van der Waals surface area contributed by atoms with Gasteiger partial charge in [-0.05, 0) is 62.6 Å². The molecular formula is C21H22N2O3. The highest BCUT2D eigenvalue weighted by atomic mass is 16.5. The van der Waals surface area contributed by atoms with Crippen molar-refractivity contribution in [2.24, 2.45) is 0 Å². The van der Waals surface area contributed by atoms with E-state index in [1.54, 1.807) is 36.4 Å². The van der Waals surface area contributed by atoms with Crippen LogP contribution >= 0.6 is 0 Å². The molecule has 0 radical (unpaired) electrons. The van der Waals surface area contributed by atoms with E-state index in [9.17, 15) is 9.59 Å². The lowest BCUT2D eigenvalue weighted by molar-refractivity contribution is 0.0930. The van der Waals surface area contributed by atoms with Crippen molar-refractivity contribution in [3.63, 3.8) is 0 Å². The monoisotopic (exact) mass is 350 g/mol. The van der Waals surface area contributed by atoms with E-state index in [-0.39, 0.29) is 17.7 Å². The highest BCUT2D eigenvalue weighted by Crippen LogP contribution is 2.29. The molecule has 1 amide bonds. The van der Waals surface area contributed by atoms with Crippen LogP contribution in [0.2, 0.25) is 0 Å². The number of rotatable bonds is 5. The zero-order chi connectivity index (χ0) is 18.1. The third-order valence-electron chi connectivity index (χ3n) is 5.23. The average molecular weight is 350 g/mol. The molecule has 2 aliphatic rings. The molecule has 3 atom stereocenters. The maximum absolute atomic E-state index is 12.5. The maximum atomic E-state index is 12.5. The van der Waals surface area contributed by atoms with Crippen LogP contribution in [0.15, 0.2) is 48.5 Å². The van der Waals surface area contributed by atoms with Gasteiger partial charge in [-0.3, -0.25) is 9.59 Å². The summed E-state index contributed by atoms with van der Waals surface area (Å²) in [5.74, 6) is 1.01. The van der Waals surface area contributed by atoms with Gasteiger partial charge in [0.1, 0.15) is 11.5 Å². The van der Waals surface area contributed by atoms with E-state index in [2.05, 4.69) is 10.6 Å². The van der Waals surface area contributed by atoms with E-state index in [0.29, 0.717) is 34.7 Å². The minimum Gasteiger partial charge on any atom is -0.457 e. The molecule has 2 N–H and O–H groups in total. The lowest BCUT2D eigenvalue weighted by Crippen LogP contribution is -2.42. The van der Waals surface area contributed by atoms with Crippen molar-refractivity contribution in [1.29, 1.82) is 0 Å². The Bertz CT molecular complexity index is 831. The molecule has 2 fully saturated rings. The van der Waals surface area contributed by atoms with Crippen molar-refractivity contribution in [2.45, 2.75) is 44.3 Å². The Kier molecular flexibility index (Phi) is 4.47. The molecule has 134 valence electrons. The molecule has 26 heavy (non-hydrogen) atoms. The second-order valence-electron chi connectivity index (χ2n) is 7.04. The Morgan fingerprint density at radius 1 is 1.08 bits per heavy atom. The van der Waals surface area contributed by atoms with Crippen LogP contribution in [0, 0.1) is 0 Å². The first-order chi connectivity index (χ1) is 12.6. The summed E-state index contributed by atoms with van der Waals surface area (Å²) in [6.07, 6.45) is 3.36. The predicted molar refractivity (Wildman–Crippen MR) is 98.8 cm³/mol. The van der Waals surface area contributed by atoms with Crippen LogP contribution in [0.5, 0.6) is 11.5 Å². The number of carbonyl (C=O) groups is 2. The fraction of sp³-hybridized carbons (Fsp3) is 0.333. The van der Waals surface area contributed by atoms with Crippen molar-refractivity contribution in [2.75, 3.05) is 0 Å². The third kappa shape index (κ3) is 3.35. The number of ketones is 1. The van der Waals surface area contributed by atoms with Gasteiger partial charge in [-0.15, -0.1) is 0 Å². The van der Waals surface area contributed by atoms with Crippen LogP contribution < -0.4 is 15.4 Å². The van der Waals surface area contributed by atoms with E-state index >= 15 is 0 Å². The number of amides is 1. The van der Waals surface area contributed by atoms with E-state index in [0.717, 1.165) is 12.8 Å². The summed E-state index contributed by atoms with van der Waals surface area (Å²) >= 11 is 0. The highest BCUT2D eigenvalue weighted by Gasteiger charge is 2.39. The number of Topliss-reactive ketones (excluding diaryl/α,β-unsaturated/α-hetero) is 1. The molecule has 0 aliphatic carbocycles. The molecule has 2 saturated heterocycles. The Labute approximate surface area is 152 Å². The van der Waals surface area contributed by atoms with E-state index in [4.69, 9.17) is 4.74 Å². The molecule has 2 aromatic carbocycles. The number of hydrogen-bond donors (Lipinski definition) is 2. The zero-order valence-electron chi connectivity index (χ0n) is 14.7. The Morgan fingerprint density at radius 3 is 2.50 bits per heavy atom. The molecule has 0 spiro atoms. The standard InChI is InChI=1S/C21H22N2O3/c1-13(24)17-4-2-3-5-20(17)26-16-9-6-14(7-10-16)21(25)23-19-12-15-8-11-18(19)22-15/h2-7,9-10,15,18-19,22H,8,11-12H2,1H3,(H,23,25). The summed E-state index contributed by atoms with van der Waals surface area (Å²) < 4.78 is 5.82. The summed E-state index contributed by atoms with van der Waals surface area (Å²) in [6, 6.07) is 15.3. The largest absolute Gasteiger partial charge is 0.457 e. The average Bonchev–Trinajstić information content (AvgIpc) is 3.25. The number of para-hydroxylation sites is 1. The highest BCUT2D eigenvalue weighted by molar-refractivity contribution is 5.97. The molecule has 3 unspecified atom stereocenters. The van der Waals surface area contributed by atoms with Crippen molar-refractivity contribution in [1.82, 2.24) is 10.6 Å². The molecule has 5 heteroatoms. The minimum absolute atomic E-state index is 0.0453. The summed E-state index contributed by atoms with van der Waals surface area (Å²) in [5, 5.41) is 6.66. The smallest absolute Gasteiger partial charge is 0.251 e. The third-order valence-corrected chi connectivity index (χ3v) is 5.23. The van der Waals surface area contributed by atoms with Gasteiger partial charge in [0.25, 0.3) is 5.91 Å². The van der Waals surface area contributed by atoms with Crippen LogP contribution in [-0.4, -0.2) is 29.8 Å². The Morgan fingerprint density at radius 2 is 1.85 bits per heavy atom. The van der Waals surface area contributed by atoms with Gasteiger partial charge in [0.2, 0.25) is 0 Å². The fourth-order valence-corrected chi connectivity index (χ4v) is 3.88. The second kappa shape index (κ2) is 6.92. The number of ether oxygens (including phenoxy) is 1. The lowest BCUT2D eigenvalue weighted by atomic mass is 9.95. The van der Waals surface area contributed by atoms with Gasteiger partial charge in [-0.2, -0.15) is 0 Å². The first-order valence-electron chi connectivity index (χ1n) is 9.05. The number of carbonyl (C=O) groups excluding carboxylic acids is 2. The van der Waals surface area contributed by atoms with Crippen LogP contribution in [-0.2, 0) is 0 Å². The second-order valence-corrected chi connectivity index (χ2v) is 7.04. The van der Waals surface area contributed by atoms with Gasteiger partial charge >= 0.3 is 0 Å². The lowest BCUT2D eigenvalue weighted by Gasteiger charge is -2.21. The fourth-order valence-electron chi connectivity index (χ4n) is 3.88. The van der Waals surface area contributed by atoms with Gasteiger partial charge in [0, 0.05) is 23.7 Å². The SMILES string of the molecule is CC(=O)c1ccccc1Oc1ccc(C(=O)NC2CC3CCC2N3)cc1. The Hall–Kier alpha value is -2.66. The van der Waals surface area contributed by atoms with Crippen molar-refractivity contribution in [3.05, 3.63) is 59.7 Å². The van der Waals surface area contributed by atoms with Crippen LogP contribution in [0.1, 0.15) is 46.9 Å². The molecule has 2 aliphatic heterocycles. The summed E-state index contributed by atoms with van der Waals surface area (Å²) in [5.41, 5.74) is 1.15. The number of hydrogen-bond acceptors (Lipinski definition) is 4. The van der Waals surface area contributed by atoms with E-state index in [1.807, 2.05) is 12.1 Å². The normalized spacial score (nSPS) is 23.7. The molecule has 4 rings (SSSR count). The number of benzene rings is 2. The zero-order valence-corrected chi connectivity index (χ0v) is 14.7. The van der Waals surface area contributed by atoms with Crippen LogP contribution in [0.4, 0.5) is 0 Å². The summed E-state index contributed by atoms with van der Waals surface area (Å²) in [7, 11) is 0. The molecule has 0 saturated carbocycles. The van der Waals surface area contributed by atoms with Gasteiger partial charge in [-0.25, -0.2) is 0 Å². The van der Waals surface area contributed by atoms with Gasteiger partial charge < -0.3 is 15.4 Å². The Balaban J connectivity index is 1.42. The first kappa shape index (κ1) is 16.8. The van der Waals surface area contributed by atoms with Gasteiger partial charge in [0.05, 0.1) is 5.56 Å². The first-order valence-corrected chi connectivity index (χ1v) is 9.05. The molecule has 0 aromatic heterocycles. The topological polar surface area (TPSA) is 67.4 Å².